The first kappa shape index (κ1) is 18.6. The second-order valence-electron chi connectivity index (χ2n) is 7.99. The number of nitrogens with zero attached hydrogens (tertiary/aromatic N) is 1. The Morgan fingerprint density at radius 3 is 2.35 bits per heavy atom. The van der Waals surface area contributed by atoms with Gasteiger partial charge in [0.05, 0.1) is 6.10 Å². The topological polar surface area (TPSA) is 60.8 Å². The number of fused-ring (bicyclic) bond motifs is 1. The first-order chi connectivity index (χ1) is 12.3. The molecule has 1 aliphatic heterocycles. The summed E-state index contributed by atoms with van der Waals surface area (Å²) >= 11 is 0. The summed E-state index contributed by atoms with van der Waals surface area (Å²) < 4.78 is 0. The maximum Gasteiger partial charge on any atom is 0.256 e. The van der Waals surface area contributed by atoms with E-state index in [9.17, 15) is 15.0 Å². The van der Waals surface area contributed by atoms with E-state index in [0.29, 0.717) is 30.5 Å². The highest BCUT2D eigenvalue weighted by Gasteiger charge is 2.34. The minimum absolute atomic E-state index is 0.0880. The van der Waals surface area contributed by atoms with E-state index in [4.69, 9.17) is 0 Å². The van der Waals surface area contributed by atoms with E-state index in [1.54, 1.807) is 18.2 Å². The molecule has 1 aliphatic rings. The standard InChI is InChI=1S/C22H27NO3/c1-22(2,3)16-12-10-15(11-13-16)19(24)9-6-14-23-20(25)17-7-4-5-8-18(17)21(23)26/h4-5,7-8,10-13,19-20,24-25H,6,9,14H2,1-3H3. The van der Waals surface area contributed by atoms with Gasteiger partial charge in [-0.3, -0.25) is 4.79 Å². The SMILES string of the molecule is CC(C)(C)c1ccc(C(O)CCCN2C(=O)c3ccccc3C2O)cc1. The largest absolute Gasteiger partial charge is 0.388 e. The molecule has 0 radical (unpaired) electrons. The fourth-order valence-electron chi connectivity index (χ4n) is 3.40. The lowest BCUT2D eigenvalue weighted by Gasteiger charge is -2.22. The molecule has 0 saturated carbocycles. The van der Waals surface area contributed by atoms with Gasteiger partial charge in [-0.2, -0.15) is 0 Å². The highest BCUT2D eigenvalue weighted by Crippen LogP contribution is 2.32. The third-order valence-corrected chi connectivity index (χ3v) is 5.06. The highest BCUT2D eigenvalue weighted by atomic mass is 16.3. The van der Waals surface area contributed by atoms with Crippen LogP contribution in [0.2, 0.25) is 0 Å². The molecule has 1 amide bonds. The number of hydrogen-bond donors (Lipinski definition) is 2. The van der Waals surface area contributed by atoms with E-state index in [-0.39, 0.29) is 11.3 Å². The number of rotatable bonds is 5. The van der Waals surface area contributed by atoms with Gasteiger partial charge in [0, 0.05) is 17.7 Å². The van der Waals surface area contributed by atoms with Gasteiger partial charge in [0.2, 0.25) is 0 Å². The van der Waals surface area contributed by atoms with Crippen molar-refractivity contribution in [2.45, 2.75) is 51.4 Å². The molecule has 0 aromatic heterocycles. The maximum atomic E-state index is 12.4. The molecule has 2 N–H and O–H groups in total. The van der Waals surface area contributed by atoms with Crippen LogP contribution in [0.3, 0.4) is 0 Å². The second-order valence-corrected chi connectivity index (χ2v) is 7.99. The first-order valence-corrected chi connectivity index (χ1v) is 9.15. The molecular weight excluding hydrogens is 326 g/mol. The summed E-state index contributed by atoms with van der Waals surface area (Å²) in [6.07, 6.45) is -0.288. The van der Waals surface area contributed by atoms with Crippen molar-refractivity contribution in [2.75, 3.05) is 6.54 Å². The predicted octanol–water partition coefficient (Wildman–Crippen LogP) is 3.94. The number of hydrogen-bond acceptors (Lipinski definition) is 3. The molecule has 138 valence electrons. The zero-order valence-corrected chi connectivity index (χ0v) is 15.6. The molecule has 2 aromatic rings. The Labute approximate surface area is 155 Å². The van der Waals surface area contributed by atoms with Crippen LogP contribution >= 0.6 is 0 Å². The fraction of sp³-hybridized carbons (Fsp3) is 0.409. The van der Waals surface area contributed by atoms with E-state index >= 15 is 0 Å². The number of carbonyl (C=O) groups is 1. The summed E-state index contributed by atoms with van der Waals surface area (Å²) in [5, 5.41) is 20.8. The zero-order chi connectivity index (χ0) is 18.9. The molecule has 0 aliphatic carbocycles. The molecule has 4 nitrogen and oxygen atoms in total. The average Bonchev–Trinajstić information content (AvgIpc) is 2.86. The van der Waals surface area contributed by atoms with Crippen molar-refractivity contribution in [3.05, 3.63) is 70.8 Å². The summed E-state index contributed by atoms with van der Waals surface area (Å²) in [7, 11) is 0. The fourth-order valence-corrected chi connectivity index (χ4v) is 3.40. The smallest absolute Gasteiger partial charge is 0.256 e. The van der Waals surface area contributed by atoms with Crippen LogP contribution in [0.25, 0.3) is 0 Å². The lowest BCUT2D eigenvalue weighted by atomic mass is 9.86. The van der Waals surface area contributed by atoms with Crippen LogP contribution in [0.5, 0.6) is 0 Å². The molecule has 0 fully saturated rings. The lowest BCUT2D eigenvalue weighted by molar-refractivity contribution is 0.0152. The van der Waals surface area contributed by atoms with Crippen LogP contribution < -0.4 is 0 Å². The number of aliphatic hydroxyl groups is 2. The monoisotopic (exact) mass is 353 g/mol. The van der Waals surface area contributed by atoms with Crippen LogP contribution in [-0.2, 0) is 5.41 Å². The Morgan fingerprint density at radius 1 is 1.08 bits per heavy atom. The molecule has 26 heavy (non-hydrogen) atoms. The molecular formula is C22H27NO3. The van der Waals surface area contributed by atoms with Gasteiger partial charge in [-0.25, -0.2) is 0 Å². The van der Waals surface area contributed by atoms with Crippen molar-refractivity contribution < 1.29 is 15.0 Å². The summed E-state index contributed by atoms with van der Waals surface area (Å²) in [5.41, 5.74) is 3.44. The summed E-state index contributed by atoms with van der Waals surface area (Å²) in [6, 6.07) is 15.2. The first-order valence-electron chi connectivity index (χ1n) is 9.15. The number of carbonyl (C=O) groups excluding carboxylic acids is 1. The minimum Gasteiger partial charge on any atom is -0.388 e. The van der Waals surface area contributed by atoms with Crippen molar-refractivity contribution in [1.29, 1.82) is 0 Å². The van der Waals surface area contributed by atoms with Crippen LogP contribution in [-0.4, -0.2) is 27.6 Å². The number of benzene rings is 2. The van der Waals surface area contributed by atoms with Crippen LogP contribution in [0, 0.1) is 0 Å². The highest BCUT2D eigenvalue weighted by molar-refractivity contribution is 5.98. The average molecular weight is 353 g/mol. The molecule has 0 saturated heterocycles. The molecule has 2 aromatic carbocycles. The summed E-state index contributed by atoms with van der Waals surface area (Å²) in [6.45, 7) is 6.91. The van der Waals surface area contributed by atoms with Crippen molar-refractivity contribution in [3.63, 3.8) is 0 Å². The Morgan fingerprint density at radius 2 is 1.73 bits per heavy atom. The predicted molar refractivity (Wildman–Crippen MR) is 102 cm³/mol. The minimum atomic E-state index is -0.887. The van der Waals surface area contributed by atoms with Gasteiger partial charge in [0.25, 0.3) is 5.91 Å². The molecule has 0 spiro atoms. The second kappa shape index (κ2) is 7.22. The number of aliphatic hydroxyl groups excluding tert-OH is 2. The summed E-state index contributed by atoms with van der Waals surface area (Å²) in [4.78, 5) is 13.9. The molecule has 3 rings (SSSR count). The van der Waals surface area contributed by atoms with Crippen LogP contribution in [0.1, 0.15) is 73.0 Å². The Kier molecular flexibility index (Phi) is 5.17. The van der Waals surface area contributed by atoms with Gasteiger partial charge in [-0.15, -0.1) is 0 Å². The molecule has 1 heterocycles. The van der Waals surface area contributed by atoms with E-state index in [2.05, 4.69) is 32.9 Å². The third-order valence-electron chi connectivity index (χ3n) is 5.06. The van der Waals surface area contributed by atoms with E-state index in [1.807, 2.05) is 18.2 Å². The van der Waals surface area contributed by atoms with Gasteiger partial charge in [-0.05, 0) is 35.4 Å². The van der Waals surface area contributed by atoms with Crippen LogP contribution in [0.4, 0.5) is 0 Å². The quantitative estimate of drug-likeness (QED) is 0.856. The van der Waals surface area contributed by atoms with Gasteiger partial charge in [0.15, 0.2) is 6.23 Å². The molecule has 4 heteroatoms. The van der Waals surface area contributed by atoms with Gasteiger partial charge >= 0.3 is 0 Å². The van der Waals surface area contributed by atoms with Crippen molar-refractivity contribution in [2.24, 2.45) is 0 Å². The van der Waals surface area contributed by atoms with E-state index in [0.717, 1.165) is 5.56 Å². The van der Waals surface area contributed by atoms with Crippen molar-refractivity contribution in [3.8, 4) is 0 Å². The van der Waals surface area contributed by atoms with Crippen LogP contribution in [0.15, 0.2) is 48.5 Å². The molecule has 2 atom stereocenters. The van der Waals surface area contributed by atoms with Crippen molar-refractivity contribution in [1.82, 2.24) is 4.90 Å². The normalized spacial score (nSPS) is 18.1. The Balaban J connectivity index is 1.56. The lowest BCUT2D eigenvalue weighted by Crippen LogP contribution is -2.29. The molecule has 2 unspecified atom stereocenters. The maximum absolute atomic E-state index is 12.4. The number of amides is 1. The van der Waals surface area contributed by atoms with Gasteiger partial charge < -0.3 is 15.1 Å². The summed E-state index contributed by atoms with van der Waals surface area (Å²) in [5.74, 6) is -0.142. The van der Waals surface area contributed by atoms with Gasteiger partial charge in [0.1, 0.15) is 0 Å². The third kappa shape index (κ3) is 3.67. The Hall–Kier alpha value is -2.17. The molecule has 0 bridgehead atoms. The van der Waals surface area contributed by atoms with Gasteiger partial charge in [-0.1, -0.05) is 63.2 Å². The Bertz CT molecular complexity index is 777. The van der Waals surface area contributed by atoms with E-state index in [1.165, 1.54) is 10.5 Å². The van der Waals surface area contributed by atoms with Crippen molar-refractivity contribution >= 4 is 5.91 Å². The van der Waals surface area contributed by atoms with E-state index < -0.39 is 12.3 Å². The zero-order valence-electron chi connectivity index (χ0n) is 15.6.